The minimum Gasteiger partial charge on any atom is -0.477 e. The fraction of sp³-hybridized carbons (Fsp3) is 0.891. The van der Waals surface area contributed by atoms with Gasteiger partial charge in [0.2, 0.25) is 23.6 Å². The quantitative estimate of drug-likeness (QED) is 0.0231. The lowest BCUT2D eigenvalue weighted by molar-refractivity contribution is -0.391. The third-order valence-corrected chi connectivity index (χ3v) is 25.9. The molecule has 0 radical (unpaired) electrons. The fourth-order valence-corrected chi connectivity index (χ4v) is 18.0. The number of carboxylic acid groups (broad SMARTS) is 2. The third-order valence-electron chi connectivity index (χ3n) is 25.9. The van der Waals surface area contributed by atoms with E-state index in [0.717, 1.165) is 78.1 Å². The number of carboxylic acids is 2. The minimum absolute atomic E-state index is 0.140. The molecule has 6 saturated heterocycles. The van der Waals surface area contributed by atoms with Crippen molar-refractivity contribution >= 4 is 35.6 Å². The number of amides is 4. The van der Waals surface area contributed by atoms with Gasteiger partial charge in [0.15, 0.2) is 25.2 Å². The second kappa shape index (κ2) is 63.2. The van der Waals surface area contributed by atoms with Crippen molar-refractivity contribution < 1.29 is 198 Å². The van der Waals surface area contributed by atoms with Crippen molar-refractivity contribution in [3.8, 4) is 0 Å². The Kier molecular flexibility index (Phi) is 55.7. The molecule has 4 amide bonds. The Hall–Kier alpha value is -4.98. The first-order valence-corrected chi connectivity index (χ1v) is 49.0. The van der Waals surface area contributed by atoms with Crippen molar-refractivity contribution in [3.63, 3.8) is 0 Å². The van der Waals surface area contributed by atoms with E-state index in [9.17, 15) is 141 Å². The van der Waals surface area contributed by atoms with Crippen molar-refractivity contribution in [1.82, 2.24) is 21.3 Å². The first-order valence-electron chi connectivity index (χ1n) is 49.0. The second-order valence-electron chi connectivity index (χ2n) is 36.7. The summed E-state index contributed by atoms with van der Waals surface area (Å²) < 4.78 is 70.6. The molecule has 0 aromatic heterocycles. The largest absolute Gasteiger partial charge is 0.477 e. The van der Waals surface area contributed by atoms with Crippen LogP contribution in [0, 0.1) is 0 Å². The van der Waals surface area contributed by atoms with Crippen molar-refractivity contribution in [2.24, 2.45) is 0 Å². The molecule has 6 aliphatic rings. The topological polar surface area (TPSA) is 706 Å². The third kappa shape index (κ3) is 36.7. The smallest absolute Gasteiger partial charge is 0.364 e. The van der Waals surface area contributed by atoms with Gasteiger partial charge in [-0.15, -0.1) is 0 Å². The van der Waals surface area contributed by atoms with Gasteiger partial charge >= 0.3 is 11.9 Å². The van der Waals surface area contributed by atoms with Crippen LogP contribution in [0.2, 0.25) is 0 Å². The molecule has 26 N–H and O–H groups in total. The number of aliphatic hydroxyl groups excluding tert-OH is 20. The van der Waals surface area contributed by atoms with Gasteiger partial charge in [0, 0.05) is 33.1 Å². The van der Waals surface area contributed by atoms with Gasteiger partial charge in [0.1, 0.15) is 141 Å². The number of carbonyl (C=O) groups is 6. The van der Waals surface area contributed by atoms with Gasteiger partial charge < -0.3 is 190 Å². The number of unbranched alkanes of at least 4 members (excludes halogenated alkanes) is 30. The number of nitrogens with one attached hydrogen (secondary N) is 4. The molecule has 6 fully saturated rings. The molecule has 0 aromatic carbocycles. The van der Waals surface area contributed by atoms with E-state index in [-0.39, 0.29) is 12.3 Å². The summed E-state index contributed by atoms with van der Waals surface area (Å²) in [5.41, 5.74) is 0. The Morgan fingerprint density at radius 3 is 1.26 bits per heavy atom. The van der Waals surface area contributed by atoms with Gasteiger partial charge in [0.05, 0.1) is 82.7 Å². The lowest BCUT2D eigenvalue weighted by atomic mass is 9.87. The van der Waals surface area contributed by atoms with Crippen LogP contribution in [0.1, 0.15) is 259 Å². The minimum atomic E-state index is -3.57. The first-order chi connectivity index (χ1) is 65.1. The molecule has 0 aromatic rings. The Morgan fingerprint density at radius 2 is 0.801 bits per heavy atom. The Labute approximate surface area is 795 Å². The van der Waals surface area contributed by atoms with Crippen LogP contribution in [-0.4, -0.2) is 408 Å². The summed E-state index contributed by atoms with van der Waals surface area (Å²) in [6.07, 6.45) is -17.7. The molecule has 34 atom stereocenters. The zero-order chi connectivity index (χ0) is 100. The number of hydrogen-bond acceptors (Lipinski definition) is 38. The molecule has 790 valence electrons. The van der Waals surface area contributed by atoms with Crippen LogP contribution in [0.5, 0.6) is 0 Å². The van der Waals surface area contributed by atoms with E-state index in [1.807, 2.05) is 6.08 Å². The van der Waals surface area contributed by atoms with E-state index < -0.39 is 303 Å². The second-order valence-corrected chi connectivity index (χ2v) is 36.7. The lowest BCUT2D eigenvalue weighted by Gasteiger charge is -2.52. The van der Waals surface area contributed by atoms with Crippen LogP contribution in [0.4, 0.5) is 0 Å². The highest BCUT2D eigenvalue weighted by Gasteiger charge is 2.64. The molecule has 0 bridgehead atoms. The monoisotopic (exact) mass is 1960 g/mol. The van der Waals surface area contributed by atoms with Gasteiger partial charge in [-0.3, -0.25) is 19.2 Å². The average Bonchev–Trinajstić information content (AvgIpc) is 0.746. The highest BCUT2D eigenvalue weighted by atomic mass is 16.8. The predicted octanol–water partition coefficient (Wildman–Crippen LogP) is -2.00. The maximum atomic E-state index is 13.8. The Morgan fingerprint density at radius 1 is 0.404 bits per heavy atom. The molecule has 0 aliphatic carbocycles. The zero-order valence-corrected chi connectivity index (χ0v) is 79.1. The number of rotatable bonds is 67. The van der Waals surface area contributed by atoms with Gasteiger partial charge in [-0.25, -0.2) is 9.59 Å². The number of ether oxygens (including phenoxy) is 12. The molecule has 44 heteroatoms. The summed E-state index contributed by atoms with van der Waals surface area (Å²) in [6, 6.07) is -7.04. The van der Waals surface area contributed by atoms with Gasteiger partial charge in [0.25, 0.3) is 11.6 Å². The van der Waals surface area contributed by atoms with Crippen LogP contribution in [0.25, 0.3) is 0 Å². The first kappa shape index (κ1) is 120. The molecule has 136 heavy (non-hydrogen) atoms. The van der Waals surface area contributed by atoms with Crippen LogP contribution in [-0.2, 0) is 85.6 Å². The van der Waals surface area contributed by atoms with Gasteiger partial charge in [-0.1, -0.05) is 205 Å². The van der Waals surface area contributed by atoms with E-state index in [0.29, 0.717) is 12.8 Å². The highest BCUT2D eigenvalue weighted by molar-refractivity contribution is 5.79. The van der Waals surface area contributed by atoms with E-state index in [2.05, 4.69) is 47.3 Å². The summed E-state index contributed by atoms with van der Waals surface area (Å²) in [5.74, 6) is -15.1. The number of allylic oxidation sites excluding steroid dienone is 3. The van der Waals surface area contributed by atoms with Gasteiger partial charge in [-0.2, -0.15) is 0 Å². The van der Waals surface area contributed by atoms with E-state index in [1.165, 1.54) is 135 Å². The summed E-state index contributed by atoms with van der Waals surface area (Å²) >= 11 is 0. The van der Waals surface area contributed by atoms with Crippen molar-refractivity contribution in [1.29, 1.82) is 0 Å². The SMILES string of the molecule is CCCCCCCC/C=C\CCCCCCCCCCCCCCCC(=O)N[C@@H](CO[C@@H]1OC(CO)[C@@H](O[C@@H]2OC(CO)[C@H](O)[C@H](O[C@@H]3OC(CO)[C@@H](O[C@@H]4OC(CO)[C@H](O)[C@H](O[C@]5(C(=O)O)CC(O)[C@@H](NC(=O)CO)C([C@H](O)[C@@H](CO)O[C@]6(C(=O)O)CC(O)[C@@H](NC(C)=O)C([C@H](O)[C@H](O)CO)O6)O5)C4O)[C@H](O)C3NC(C)=O)C2O)[C@H](O)C1O)[C@H](O)/C=C/CCCCCCCCCCCCC. The number of hydrogen-bond donors (Lipinski definition) is 26. The summed E-state index contributed by atoms with van der Waals surface area (Å²) in [6.45, 7) is -2.90. The Balaban J connectivity index is 1.12. The standard InChI is InChI=1S/C92H162N4O40/c1-5-7-9-11-13-15-17-19-20-21-22-23-24-25-26-27-28-30-32-34-36-38-40-42-65(110)95-55(56(106)41-39-37-35-33-31-29-18-16-14-12-10-8-6-2)52-125-86-76(118)75(117)80(64(50-102)129-86)131-87-77(119)83(71(113)60(46-98)126-87)132-85-69(94-54(4)105)74(116)79(63(49-101)128-85)130-88-78(120)84(72(114)61(47-99)127-88)136-92(90(123)124)44-58(108)68(96-66(111)51-103)82(135-92)73(115)62(48-100)133-91(89(121)122)43-57(107)67(93-53(3)104)81(134-91)70(112)59(109)45-97/h19-20,39,41,55-64,67-88,97-103,106-109,112-120H,5-18,21-38,40,42-52H2,1-4H3,(H,93,104)(H,94,105)(H,95,110)(H,96,111)(H,121,122)(H,123,124)/b20-19-,41-39+/t55-,56+,57?,58?,59+,60?,61?,62+,63?,64?,67+,68+,69?,70+,71-,72-,73+,74+,75+,76?,77?,78?,79+,80+,81?,82?,83-,84-,85-,86+,87-,88-,91+,92-/m0/s1. The average molecular weight is 1960 g/mol. The lowest BCUT2D eigenvalue weighted by Crippen LogP contribution is -2.72. The predicted molar refractivity (Wildman–Crippen MR) is 478 cm³/mol. The van der Waals surface area contributed by atoms with Gasteiger partial charge in [-0.05, 0) is 44.9 Å². The van der Waals surface area contributed by atoms with Crippen LogP contribution >= 0.6 is 0 Å². The molecule has 6 aliphatic heterocycles. The normalized spacial score (nSPS) is 33.6. The molecule has 12 unspecified atom stereocenters. The molecule has 6 heterocycles. The van der Waals surface area contributed by atoms with E-state index >= 15 is 0 Å². The summed E-state index contributed by atoms with van der Waals surface area (Å²) in [5, 5.41) is 256. The van der Waals surface area contributed by atoms with E-state index in [4.69, 9.17) is 56.8 Å². The van der Waals surface area contributed by atoms with Crippen LogP contribution < -0.4 is 21.3 Å². The maximum Gasteiger partial charge on any atom is 0.364 e. The number of carbonyl (C=O) groups excluding carboxylic acids is 4. The van der Waals surface area contributed by atoms with Crippen LogP contribution in [0.3, 0.4) is 0 Å². The van der Waals surface area contributed by atoms with Crippen molar-refractivity contribution in [3.05, 3.63) is 24.3 Å². The van der Waals surface area contributed by atoms with Crippen LogP contribution in [0.15, 0.2) is 24.3 Å². The maximum absolute atomic E-state index is 13.8. The van der Waals surface area contributed by atoms with Crippen molar-refractivity contribution in [2.45, 2.75) is 466 Å². The highest BCUT2D eigenvalue weighted by Crippen LogP contribution is 2.43. The van der Waals surface area contributed by atoms with E-state index in [1.54, 1.807) is 6.08 Å². The molecule has 0 saturated carbocycles. The number of aliphatic hydroxyl groups is 20. The molecule has 44 nitrogen and oxygen atoms in total. The summed E-state index contributed by atoms with van der Waals surface area (Å²) in [7, 11) is 0. The fourth-order valence-electron chi connectivity index (χ4n) is 18.0. The molecule has 6 rings (SSSR count). The molecular formula is C92H162N4O40. The molecule has 0 spiro atoms. The zero-order valence-electron chi connectivity index (χ0n) is 79.1. The van der Waals surface area contributed by atoms with Crippen molar-refractivity contribution in [2.75, 3.05) is 52.9 Å². The Bertz CT molecular complexity index is 3420. The summed E-state index contributed by atoms with van der Waals surface area (Å²) in [4.78, 5) is 78.8. The number of aliphatic carboxylic acids is 2. The molecular weight excluding hydrogens is 1800 g/mol.